The van der Waals surface area contributed by atoms with Gasteiger partial charge in [0.2, 0.25) is 0 Å². The quantitative estimate of drug-likeness (QED) is 0.445. The van der Waals surface area contributed by atoms with Gasteiger partial charge < -0.3 is 4.42 Å². The van der Waals surface area contributed by atoms with E-state index in [0.29, 0.717) is 10.8 Å². The number of hydrazone groups is 1. The van der Waals surface area contributed by atoms with E-state index in [9.17, 15) is 4.79 Å². The molecule has 110 valence electrons. The number of fused-ring (bicyclic) bond motifs is 1. The molecule has 0 unspecified atom stereocenters. The van der Waals surface area contributed by atoms with Gasteiger partial charge in [0.25, 0.3) is 11.1 Å². The van der Waals surface area contributed by atoms with Crippen molar-refractivity contribution in [2.45, 2.75) is 5.22 Å². The molecule has 1 amide bonds. The molecule has 0 aliphatic rings. The van der Waals surface area contributed by atoms with Crippen LogP contribution in [0.4, 0.5) is 0 Å². The molecule has 22 heavy (non-hydrogen) atoms. The van der Waals surface area contributed by atoms with Gasteiger partial charge in [0.15, 0.2) is 5.58 Å². The third-order valence-corrected chi connectivity index (χ3v) is 3.52. The maximum Gasteiger partial charge on any atom is 0.257 e. The second-order valence-corrected chi connectivity index (χ2v) is 5.24. The zero-order valence-electron chi connectivity index (χ0n) is 11.5. The lowest BCUT2D eigenvalue weighted by molar-refractivity contribution is -0.118. The van der Waals surface area contributed by atoms with Gasteiger partial charge >= 0.3 is 0 Å². The second-order valence-electron chi connectivity index (χ2n) is 4.32. The number of thioether (sulfide) groups is 1. The minimum Gasteiger partial charge on any atom is -0.431 e. The van der Waals surface area contributed by atoms with Crippen LogP contribution in [0.15, 0.2) is 63.5 Å². The van der Waals surface area contributed by atoms with E-state index in [1.54, 1.807) is 18.5 Å². The van der Waals surface area contributed by atoms with Gasteiger partial charge in [-0.25, -0.2) is 10.4 Å². The van der Waals surface area contributed by atoms with Crippen molar-refractivity contribution in [3.63, 3.8) is 0 Å². The number of pyridine rings is 1. The summed E-state index contributed by atoms with van der Waals surface area (Å²) in [6.45, 7) is 0. The lowest BCUT2D eigenvalue weighted by Gasteiger charge is -1.97. The average Bonchev–Trinajstić information content (AvgIpc) is 2.97. The van der Waals surface area contributed by atoms with E-state index < -0.39 is 0 Å². The highest BCUT2D eigenvalue weighted by Gasteiger charge is 2.08. The highest BCUT2D eigenvalue weighted by Crippen LogP contribution is 2.22. The van der Waals surface area contributed by atoms with E-state index >= 15 is 0 Å². The van der Waals surface area contributed by atoms with Crippen LogP contribution in [0.5, 0.6) is 0 Å². The summed E-state index contributed by atoms with van der Waals surface area (Å²) >= 11 is 1.22. The number of nitrogens with one attached hydrogen (secondary N) is 1. The van der Waals surface area contributed by atoms with Crippen molar-refractivity contribution in [2.24, 2.45) is 5.10 Å². The third kappa shape index (κ3) is 3.70. The summed E-state index contributed by atoms with van der Waals surface area (Å²) in [4.78, 5) is 19.9. The number of amides is 1. The van der Waals surface area contributed by atoms with Crippen LogP contribution in [0.3, 0.4) is 0 Å². The monoisotopic (exact) mass is 312 g/mol. The van der Waals surface area contributed by atoms with E-state index in [2.05, 4.69) is 20.5 Å². The van der Waals surface area contributed by atoms with E-state index in [-0.39, 0.29) is 11.7 Å². The van der Waals surface area contributed by atoms with Crippen molar-refractivity contribution < 1.29 is 9.21 Å². The first-order chi connectivity index (χ1) is 10.8. The molecule has 0 atom stereocenters. The molecule has 3 rings (SSSR count). The van der Waals surface area contributed by atoms with Crippen molar-refractivity contribution in [3.8, 4) is 0 Å². The fourth-order valence-corrected chi connectivity index (χ4v) is 2.33. The molecule has 6 nitrogen and oxygen atoms in total. The first kappa shape index (κ1) is 14.3. The predicted octanol–water partition coefficient (Wildman–Crippen LogP) is 2.47. The molecule has 0 radical (unpaired) electrons. The number of hydrogen-bond donors (Lipinski definition) is 1. The molecule has 2 aromatic heterocycles. The molecule has 0 bridgehead atoms. The van der Waals surface area contributed by atoms with Gasteiger partial charge in [-0.2, -0.15) is 5.10 Å². The van der Waals surface area contributed by atoms with Crippen LogP contribution in [-0.2, 0) is 4.79 Å². The van der Waals surface area contributed by atoms with Crippen LogP contribution in [-0.4, -0.2) is 27.8 Å². The molecular weight excluding hydrogens is 300 g/mol. The van der Waals surface area contributed by atoms with Crippen LogP contribution >= 0.6 is 11.8 Å². The van der Waals surface area contributed by atoms with Crippen LogP contribution in [0, 0.1) is 0 Å². The molecular formula is C15H12N4O2S. The van der Waals surface area contributed by atoms with Gasteiger partial charge in [0.05, 0.1) is 12.0 Å². The number of benzene rings is 1. The molecule has 0 aliphatic carbocycles. The zero-order chi connectivity index (χ0) is 15.2. The predicted molar refractivity (Wildman–Crippen MR) is 84.7 cm³/mol. The first-order valence-electron chi connectivity index (χ1n) is 6.51. The molecule has 0 saturated carbocycles. The number of para-hydroxylation sites is 2. The summed E-state index contributed by atoms with van der Waals surface area (Å²) in [7, 11) is 0. The molecule has 7 heteroatoms. The molecule has 2 heterocycles. The number of hydrogen-bond acceptors (Lipinski definition) is 6. The summed E-state index contributed by atoms with van der Waals surface area (Å²) in [5, 5.41) is 4.33. The Morgan fingerprint density at radius 2 is 2.23 bits per heavy atom. The summed E-state index contributed by atoms with van der Waals surface area (Å²) in [5.74, 6) is -0.0515. The topological polar surface area (TPSA) is 80.4 Å². The highest BCUT2D eigenvalue weighted by molar-refractivity contribution is 7.99. The minimum atomic E-state index is -0.229. The number of nitrogens with zero attached hydrogens (tertiary/aromatic N) is 3. The van der Waals surface area contributed by atoms with Crippen molar-refractivity contribution in [3.05, 3.63) is 54.4 Å². The molecule has 0 aliphatic heterocycles. The number of carbonyl (C=O) groups excluding carboxylic acids is 1. The van der Waals surface area contributed by atoms with Gasteiger partial charge in [-0.05, 0) is 18.2 Å². The number of aromatic nitrogens is 2. The van der Waals surface area contributed by atoms with E-state index in [4.69, 9.17) is 4.42 Å². The van der Waals surface area contributed by atoms with Gasteiger partial charge in [0.1, 0.15) is 5.52 Å². The number of rotatable bonds is 5. The molecule has 1 N–H and O–H groups in total. The van der Waals surface area contributed by atoms with Gasteiger partial charge in [-0.3, -0.25) is 9.78 Å². The van der Waals surface area contributed by atoms with E-state index in [0.717, 1.165) is 11.1 Å². The number of oxazole rings is 1. The summed E-state index contributed by atoms with van der Waals surface area (Å²) in [6.07, 6.45) is 4.87. The smallest absolute Gasteiger partial charge is 0.257 e. The first-order valence-corrected chi connectivity index (χ1v) is 7.50. The lowest BCUT2D eigenvalue weighted by atomic mass is 10.3. The average molecular weight is 312 g/mol. The van der Waals surface area contributed by atoms with Crippen LogP contribution < -0.4 is 5.43 Å². The molecule has 1 aromatic carbocycles. The largest absolute Gasteiger partial charge is 0.431 e. The van der Waals surface area contributed by atoms with Crippen molar-refractivity contribution in [2.75, 3.05) is 5.75 Å². The van der Waals surface area contributed by atoms with E-state index in [1.807, 2.05) is 30.3 Å². The Kier molecular flexibility index (Phi) is 4.45. The Morgan fingerprint density at radius 1 is 1.32 bits per heavy atom. The summed E-state index contributed by atoms with van der Waals surface area (Å²) < 4.78 is 5.52. The van der Waals surface area contributed by atoms with Crippen LogP contribution in [0.1, 0.15) is 5.56 Å². The second kappa shape index (κ2) is 6.86. The lowest BCUT2D eigenvalue weighted by Crippen LogP contribution is -2.19. The van der Waals surface area contributed by atoms with Crippen molar-refractivity contribution >= 4 is 35.0 Å². The third-order valence-electron chi connectivity index (χ3n) is 2.69. The summed E-state index contributed by atoms with van der Waals surface area (Å²) in [5.41, 5.74) is 4.75. The van der Waals surface area contributed by atoms with Crippen LogP contribution in [0.2, 0.25) is 0 Å². The van der Waals surface area contributed by atoms with Gasteiger partial charge in [-0.1, -0.05) is 30.0 Å². The Balaban J connectivity index is 1.51. The van der Waals surface area contributed by atoms with E-state index in [1.165, 1.54) is 18.0 Å². The Morgan fingerprint density at radius 3 is 3.05 bits per heavy atom. The van der Waals surface area contributed by atoms with Crippen molar-refractivity contribution in [1.29, 1.82) is 0 Å². The maximum atomic E-state index is 11.7. The Hall–Kier alpha value is -2.67. The Labute approximate surface area is 130 Å². The van der Waals surface area contributed by atoms with Crippen LogP contribution in [0.25, 0.3) is 11.1 Å². The fourth-order valence-electron chi connectivity index (χ4n) is 1.70. The minimum absolute atomic E-state index is 0.178. The molecule has 0 saturated heterocycles. The fraction of sp³-hybridized carbons (Fsp3) is 0.0667. The molecule has 3 aromatic rings. The maximum absolute atomic E-state index is 11.7. The normalized spacial score (nSPS) is 11.1. The van der Waals surface area contributed by atoms with Crippen molar-refractivity contribution in [1.82, 2.24) is 15.4 Å². The molecule has 0 spiro atoms. The molecule has 0 fully saturated rings. The Bertz CT molecular complexity index is 768. The standard InChI is InChI=1S/C15H12N4O2S/c20-14(19-17-9-11-4-3-7-16-8-11)10-22-15-18-12-5-1-2-6-13(12)21-15/h1-9H,10H2,(H,19,20)/b17-9-. The number of carbonyl (C=O) groups is 1. The summed E-state index contributed by atoms with van der Waals surface area (Å²) in [6, 6.07) is 11.1. The van der Waals surface area contributed by atoms with Gasteiger partial charge in [0, 0.05) is 18.0 Å². The highest BCUT2D eigenvalue weighted by atomic mass is 32.2. The van der Waals surface area contributed by atoms with Gasteiger partial charge in [-0.15, -0.1) is 0 Å². The zero-order valence-corrected chi connectivity index (χ0v) is 12.3. The SMILES string of the molecule is O=C(CSc1nc2ccccc2o1)N/N=C\c1cccnc1.